The molecule has 4 nitrogen and oxygen atoms in total. The molecule has 0 aliphatic carbocycles. The number of benzene rings is 8. The molecule has 9 aromatic rings. The Bertz CT molecular complexity index is 2610. The van der Waals surface area contributed by atoms with Gasteiger partial charge in [0.05, 0.1) is 0 Å². The van der Waals surface area contributed by atoms with Crippen molar-refractivity contribution < 1.29 is 0 Å². The van der Waals surface area contributed by atoms with Crippen LogP contribution in [-0.4, -0.2) is 15.0 Å². The summed E-state index contributed by atoms with van der Waals surface area (Å²) >= 11 is 0. The van der Waals surface area contributed by atoms with Gasteiger partial charge >= 0.3 is 0 Å². The monoisotopic (exact) mass is 652 g/mol. The molecule has 0 saturated carbocycles. The van der Waals surface area contributed by atoms with Gasteiger partial charge in [-0.2, -0.15) is 0 Å². The zero-order valence-electron chi connectivity index (χ0n) is 27.7. The number of fused-ring (bicyclic) bond motifs is 2. The molecule has 51 heavy (non-hydrogen) atoms. The van der Waals surface area contributed by atoms with Crippen molar-refractivity contribution in [3.8, 4) is 67.5 Å². The molecular formula is C47H32N4. The van der Waals surface area contributed by atoms with Crippen LogP contribution in [0.4, 0.5) is 5.69 Å². The third-order valence-corrected chi connectivity index (χ3v) is 9.52. The molecule has 0 amide bonds. The number of hydrogen-bond acceptors (Lipinski definition) is 4. The maximum Gasteiger partial charge on any atom is 0.164 e. The van der Waals surface area contributed by atoms with Crippen LogP contribution in [0, 0.1) is 0 Å². The highest BCUT2D eigenvalue weighted by Crippen LogP contribution is 2.40. The van der Waals surface area contributed by atoms with Gasteiger partial charge in [-0.1, -0.05) is 176 Å². The molecule has 1 aromatic heterocycles. The highest BCUT2D eigenvalue weighted by Gasteiger charge is 2.16. The van der Waals surface area contributed by atoms with Gasteiger partial charge in [-0.05, 0) is 55.6 Å². The summed E-state index contributed by atoms with van der Waals surface area (Å²) in [7, 11) is 0. The van der Waals surface area contributed by atoms with Crippen molar-refractivity contribution in [2.24, 2.45) is 0 Å². The van der Waals surface area contributed by atoms with Gasteiger partial charge in [0.1, 0.15) is 0 Å². The molecule has 0 saturated heterocycles. The van der Waals surface area contributed by atoms with Crippen molar-refractivity contribution in [1.29, 1.82) is 0 Å². The van der Waals surface area contributed by atoms with E-state index in [2.05, 4.69) is 109 Å². The largest absolute Gasteiger partial charge is 0.398 e. The first-order chi connectivity index (χ1) is 25.2. The summed E-state index contributed by atoms with van der Waals surface area (Å²) in [6, 6.07) is 63.1. The predicted molar refractivity (Wildman–Crippen MR) is 212 cm³/mol. The Hall–Kier alpha value is -6.91. The summed E-state index contributed by atoms with van der Waals surface area (Å²) in [5.41, 5.74) is 16.9. The fraction of sp³-hybridized carbons (Fsp3) is 0. The van der Waals surface area contributed by atoms with Crippen molar-refractivity contribution in [2.45, 2.75) is 0 Å². The van der Waals surface area contributed by atoms with Gasteiger partial charge in [0.2, 0.25) is 0 Å². The van der Waals surface area contributed by atoms with E-state index in [0.717, 1.165) is 49.8 Å². The van der Waals surface area contributed by atoms with Crippen molar-refractivity contribution in [1.82, 2.24) is 15.0 Å². The van der Waals surface area contributed by atoms with Crippen molar-refractivity contribution >= 4 is 27.2 Å². The van der Waals surface area contributed by atoms with E-state index in [1.165, 1.54) is 27.5 Å². The van der Waals surface area contributed by atoms with Crippen LogP contribution >= 0.6 is 0 Å². The predicted octanol–water partition coefficient (Wildman–Crippen LogP) is 11.8. The molecule has 9 rings (SSSR count). The van der Waals surface area contributed by atoms with E-state index in [-0.39, 0.29) is 0 Å². The number of nitrogens with two attached hydrogens (primary N) is 1. The molecule has 0 spiro atoms. The molecule has 0 bridgehead atoms. The summed E-state index contributed by atoms with van der Waals surface area (Å²) in [6.45, 7) is 0. The average molecular weight is 653 g/mol. The Labute approximate surface area is 296 Å². The van der Waals surface area contributed by atoms with Crippen molar-refractivity contribution in [2.75, 3.05) is 5.73 Å². The fourth-order valence-corrected chi connectivity index (χ4v) is 6.95. The van der Waals surface area contributed by atoms with Crippen molar-refractivity contribution in [3.05, 3.63) is 182 Å². The standard InChI is InChI=1S/C47H32N4/c48-43-30-29-38(41-17-9-10-18-42(41)43)32-19-21-33(22-20-32)40-28-27-31-11-7-8-16-39(31)44(40)34-23-25-37(26-24-34)47-50-45(35-12-3-1-4-13-35)49-46(51-47)36-14-5-2-6-15-36/h1-30H,48H2. The number of nitrogen functional groups attached to an aromatic ring is 1. The molecule has 0 fully saturated rings. The third-order valence-electron chi connectivity index (χ3n) is 9.52. The summed E-state index contributed by atoms with van der Waals surface area (Å²) in [4.78, 5) is 14.7. The first-order valence-corrected chi connectivity index (χ1v) is 17.1. The van der Waals surface area contributed by atoms with Gasteiger partial charge in [0.25, 0.3) is 0 Å². The van der Waals surface area contributed by atoms with Gasteiger partial charge in [0.15, 0.2) is 17.5 Å². The van der Waals surface area contributed by atoms with E-state index in [1.807, 2.05) is 72.8 Å². The normalized spacial score (nSPS) is 11.2. The van der Waals surface area contributed by atoms with E-state index < -0.39 is 0 Å². The van der Waals surface area contributed by atoms with E-state index in [1.54, 1.807) is 0 Å². The second-order valence-corrected chi connectivity index (χ2v) is 12.7. The fourth-order valence-electron chi connectivity index (χ4n) is 6.95. The van der Waals surface area contributed by atoms with Gasteiger partial charge in [-0.25, -0.2) is 15.0 Å². The minimum atomic E-state index is 0.637. The van der Waals surface area contributed by atoms with E-state index in [9.17, 15) is 0 Å². The first-order valence-electron chi connectivity index (χ1n) is 17.1. The van der Waals surface area contributed by atoms with Crippen LogP contribution in [0.3, 0.4) is 0 Å². The van der Waals surface area contributed by atoms with Gasteiger partial charge in [0, 0.05) is 27.8 Å². The first kappa shape index (κ1) is 30.2. The zero-order valence-corrected chi connectivity index (χ0v) is 27.7. The Morgan fingerprint density at radius 1 is 0.294 bits per heavy atom. The van der Waals surface area contributed by atoms with E-state index in [0.29, 0.717) is 17.5 Å². The molecule has 1 heterocycles. The third kappa shape index (κ3) is 5.69. The molecule has 0 aliphatic rings. The number of rotatable bonds is 6. The average Bonchev–Trinajstić information content (AvgIpc) is 3.21. The summed E-state index contributed by atoms with van der Waals surface area (Å²) < 4.78 is 0. The van der Waals surface area contributed by atoms with Gasteiger partial charge in [-0.3, -0.25) is 0 Å². The van der Waals surface area contributed by atoms with Crippen LogP contribution < -0.4 is 5.73 Å². The molecule has 0 radical (unpaired) electrons. The number of hydrogen-bond donors (Lipinski definition) is 1. The minimum Gasteiger partial charge on any atom is -0.398 e. The van der Waals surface area contributed by atoms with Crippen LogP contribution in [0.1, 0.15) is 0 Å². The van der Waals surface area contributed by atoms with E-state index in [4.69, 9.17) is 20.7 Å². The number of anilines is 1. The molecular weight excluding hydrogens is 621 g/mol. The molecule has 0 atom stereocenters. The second kappa shape index (κ2) is 12.8. The molecule has 2 N–H and O–H groups in total. The highest BCUT2D eigenvalue weighted by molar-refractivity contribution is 6.05. The molecule has 0 unspecified atom stereocenters. The maximum atomic E-state index is 6.31. The van der Waals surface area contributed by atoms with E-state index >= 15 is 0 Å². The zero-order chi connectivity index (χ0) is 34.1. The maximum absolute atomic E-state index is 6.31. The Morgan fingerprint density at radius 2 is 0.725 bits per heavy atom. The lowest BCUT2D eigenvalue weighted by molar-refractivity contribution is 1.07. The molecule has 0 aliphatic heterocycles. The Morgan fingerprint density at radius 3 is 1.33 bits per heavy atom. The lowest BCUT2D eigenvalue weighted by atomic mass is 9.88. The number of aromatic nitrogens is 3. The molecule has 240 valence electrons. The summed E-state index contributed by atoms with van der Waals surface area (Å²) in [5.74, 6) is 1.93. The Balaban J connectivity index is 1.13. The minimum absolute atomic E-state index is 0.637. The lowest BCUT2D eigenvalue weighted by Crippen LogP contribution is -2.00. The topological polar surface area (TPSA) is 64.7 Å². The van der Waals surface area contributed by atoms with Crippen LogP contribution in [0.5, 0.6) is 0 Å². The van der Waals surface area contributed by atoms with Crippen LogP contribution in [0.25, 0.3) is 89.1 Å². The quantitative estimate of drug-likeness (QED) is 0.182. The van der Waals surface area contributed by atoms with Crippen molar-refractivity contribution in [3.63, 3.8) is 0 Å². The number of nitrogens with zero attached hydrogens (tertiary/aromatic N) is 3. The van der Waals surface area contributed by atoms with Crippen LogP contribution in [0.2, 0.25) is 0 Å². The molecule has 8 aromatic carbocycles. The molecule has 4 heteroatoms. The van der Waals surface area contributed by atoms with Crippen LogP contribution in [0.15, 0.2) is 182 Å². The summed E-state index contributed by atoms with van der Waals surface area (Å²) in [5, 5.41) is 4.63. The van der Waals surface area contributed by atoms with Gasteiger partial charge in [-0.15, -0.1) is 0 Å². The lowest BCUT2D eigenvalue weighted by Gasteiger charge is -2.16. The van der Waals surface area contributed by atoms with Gasteiger partial charge < -0.3 is 5.73 Å². The SMILES string of the molecule is Nc1ccc(-c2ccc(-c3ccc4ccccc4c3-c3ccc(-c4nc(-c5ccccc5)nc(-c5ccccc5)n4)cc3)cc2)c2ccccc12. The second-order valence-electron chi connectivity index (χ2n) is 12.7. The highest BCUT2D eigenvalue weighted by atomic mass is 15.0. The Kier molecular flexibility index (Phi) is 7.60. The smallest absolute Gasteiger partial charge is 0.164 e. The summed E-state index contributed by atoms with van der Waals surface area (Å²) in [6.07, 6.45) is 0. The van der Waals surface area contributed by atoms with Crippen LogP contribution in [-0.2, 0) is 0 Å².